The third-order valence-electron chi connectivity index (χ3n) is 3.99. The highest BCUT2D eigenvalue weighted by molar-refractivity contribution is 5.61. The van der Waals surface area contributed by atoms with Crippen molar-refractivity contribution < 1.29 is 4.42 Å². The van der Waals surface area contributed by atoms with E-state index in [0.29, 0.717) is 23.2 Å². The Bertz CT molecular complexity index is 574. The zero-order valence-electron chi connectivity index (χ0n) is 10.9. The second-order valence-corrected chi connectivity index (χ2v) is 5.00. The summed E-state index contributed by atoms with van der Waals surface area (Å²) in [5, 5.41) is 15.8. The molecule has 6 heteroatoms. The zero-order chi connectivity index (χ0) is 13.5. The van der Waals surface area contributed by atoms with E-state index < -0.39 is 0 Å². The van der Waals surface area contributed by atoms with Gasteiger partial charge in [0.1, 0.15) is 11.5 Å². The lowest BCUT2D eigenvalue weighted by molar-refractivity contribution is 0.350. The Morgan fingerprint density at radius 3 is 2.84 bits per heavy atom. The number of aryl methyl sites for hydroxylation is 1. The van der Waals surface area contributed by atoms with Crippen LogP contribution >= 0.6 is 0 Å². The van der Waals surface area contributed by atoms with E-state index in [-0.39, 0.29) is 5.41 Å². The minimum absolute atomic E-state index is 0.387. The number of hydrogen-bond acceptors (Lipinski definition) is 6. The molecular formula is C13H17N5O. The maximum atomic E-state index is 9.46. The van der Waals surface area contributed by atoms with Crippen molar-refractivity contribution in [3.63, 3.8) is 0 Å². The van der Waals surface area contributed by atoms with E-state index >= 15 is 0 Å². The molecule has 100 valence electrons. The van der Waals surface area contributed by atoms with Crippen molar-refractivity contribution in [2.75, 3.05) is 18.4 Å². The fourth-order valence-corrected chi connectivity index (χ4v) is 2.99. The number of nitrogens with one attached hydrogen (secondary N) is 2. The Morgan fingerprint density at radius 1 is 1.47 bits per heavy atom. The summed E-state index contributed by atoms with van der Waals surface area (Å²) in [5.74, 6) is 1.69. The van der Waals surface area contributed by atoms with Gasteiger partial charge in [0.05, 0.1) is 17.1 Å². The van der Waals surface area contributed by atoms with Gasteiger partial charge in [0.15, 0.2) is 5.89 Å². The summed E-state index contributed by atoms with van der Waals surface area (Å²) in [7, 11) is 0. The Labute approximate surface area is 111 Å². The molecule has 0 atom stereocenters. The number of piperidine rings is 1. The van der Waals surface area contributed by atoms with E-state index in [1.165, 1.54) is 0 Å². The first kappa shape index (κ1) is 12.1. The second-order valence-electron chi connectivity index (χ2n) is 5.00. The molecule has 1 spiro atoms. The Morgan fingerprint density at radius 2 is 2.21 bits per heavy atom. The SMILES string of the molecule is CCc1nc2c(o1)NC(N)=C(C#N)C21CCNCC1. The van der Waals surface area contributed by atoms with Gasteiger partial charge < -0.3 is 20.8 Å². The van der Waals surface area contributed by atoms with Crippen molar-refractivity contribution in [3.8, 4) is 6.07 Å². The Hall–Kier alpha value is -2.00. The Kier molecular flexibility index (Phi) is 2.72. The number of allylic oxidation sites excluding steroid dienone is 1. The van der Waals surface area contributed by atoms with Crippen molar-refractivity contribution in [2.24, 2.45) is 5.73 Å². The van der Waals surface area contributed by atoms with E-state index in [9.17, 15) is 5.26 Å². The maximum Gasteiger partial charge on any atom is 0.223 e. The van der Waals surface area contributed by atoms with Crippen LogP contribution in [-0.2, 0) is 11.8 Å². The Balaban J connectivity index is 2.18. The third kappa shape index (κ3) is 1.62. The van der Waals surface area contributed by atoms with Gasteiger partial charge in [-0.2, -0.15) is 5.26 Å². The second kappa shape index (κ2) is 4.28. The van der Waals surface area contributed by atoms with E-state index in [4.69, 9.17) is 10.2 Å². The molecule has 3 rings (SSSR count). The van der Waals surface area contributed by atoms with E-state index in [2.05, 4.69) is 21.7 Å². The van der Waals surface area contributed by atoms with Crippen LogP contribution in [-0.4, -0.2) is 18.1 Å². The number of aromatic nitrogens is 1. The van der Waals surface area contributed by atoms with Crippen LogP contribution in [0.2, 0.25) is 0 Å². The molecule has 1 aromatic heterocycles. The molecule has 1 saturated heterocycles. The summed E-state index contributed by atoms with van der Waals surface area (Å²) < 4.78 is 5.68. The van der Waals surface area contributed by atoms with Crippen LogP contribution in [0, 0.1) is 11.3 Å². The molecule has 1 aromatic rings. The predicted molar refractivity (Wildman–Crippen MR) is 70.1 cm³/mol. The van der Waals surface area contributed by atoms with Gasteiger partial charge in [-0.05, 0) is 25.9 Å². The predicted octanol–water partition coefficient (Wildman–Crippen LogP) is 0.978. The van der Waals surface area contributed by atoms with Gasteiger partial charge in [-0.15, -0.1) is 0 Å². The lowest BCUT2D eigenvalue weighted by atomic mass is 9.69. The van der Waals surface area contributed by atoms with Crippen LogP contribution in [0.4, 0.5) is 5.88 Å². The monoisotopic (exact) mass is 259 g/mol. The molecule has 0 bridgehead atoms. The number of fused-ring (bicyclic) bond motifs is 2. The smallest absolute Gasteiger partial charge is 0.223 e. The number of hydrogen-bond donors (Lipinski definition) is 3. The van der Waals surface area contributed by atoms with Crippen molar-refractivity contribution in [1.29, 1.82) is 5.26 Å². The number of nitrogens with two attached hydrogens (primary N) is 1. The topological polar surface area (TPSA) is 99.9 Å². The van der Waals surface area contributed by atoms with Crippen LogP contribution in [0.25, 0.3) is 0 Å². The lowest BCUT2D eigenvalue weighted by Crippen LogP contribution is -2.45. The normalized spacial score (nSPS) is 20.8. The summed E-state index contributed by atoms with van der Waals surface area (Å²) >= 11 is 0. The molecule has 2 aliphatic rings. The van der Waals surface area contributed by atoms with Gasteiger partial charge >= 0.3 is 0 Å². The third-order valence-corrected chi connectivity index (χ3v) is 3.99. The molecule has 0 aromatic carbocycles. The fourth-order valence-electron chi connectivity index (χ4n) is 2.99. The summed E-state index contributed by atoms with van der Waals surface area (Å²) in [4.78, 5) is 4.58. The van der Waals surface area contributed by atoms with Gasteiger partial charge in [-0.1, -0.05) is 6.92 Å². The van der Waals surface area contributed by atoms with E-state index in [0.717, 1.165) is 38.0 Å². The highest BCUT2D eigenvalue weighted by Gasteiger charge is 2.46. The molecule has 4 N–H and O–H groups in total. The first-order valence-electron chi connectivity index (χ1n) is 6.59. The summed E-state index contributed by atoms with van der Waals surface area (Å²) in [6.45, 7) is 3.70. The molecule has 0 saturated carbocycles. The molecule has 0 amide bonds. The molecule has 19 heavy (non-hydrogen) atoms. The van der Waals surface area contributed by atoms with Crippen LogP contribution in [0.5, 0.6) is 0 Å². The van der Waals surface area contributed by atoms with Crippen molar-refractivity contribution in [1.82, 2.24) is 10.3 Å². The average Bonchev–Trinajstić information content (AvgIpc) is 2.84. The molecule has 0 radical (unpaired) electrons. The number of rotatable bonds is 1. The molecular weight excluding hydrogens is 242 g/mol. The molecule has 2 aliphatic heterocycles. The number of oxazole rings is 1. The summed E-state index contributed by atoms with van der Waals surface area (Å²) in [6.07, 6.45) is 2.37. The summed E-state index contributed by atoms with van der Waals surface area (Å²) in [5.41, 5.74) is 7.05. The first-order chi connectivity index (χ1) is 9.21. The maximum absolute atomic E-state index is 9.46. The molecule has 0 unspecified atom stereocenters. The van der Waals surface area contributed by atoms with Gasteiger partial charge in [-0.3, -0.25) is 0 Å². The van der Waals surface area contributed by atoms with Crippen LogP contribution in [0.15, 0.2) is 15.8 Å². The highest BCUT2D eigenvalue weighted by atomic mass is 16.4. The first-order valence-corrected chi connectivity index (χ1v) is 6.59. The molecule has 6 nitrogen and oxygen atoms in total. The fraction of sp³-hybridized carbons (Fsp3) is 0.538. The van der Waals surface area contributed by atoms with Crippen molar-refractivity contribution in [2.45, 2.75) is 31.6 Å². The van der Waals surface area contributed by atoms with Gasteiger partial charge in [0.2, 0.25) is 5.88 Å². The van der Waals surface area contributed by atoms with Gasteiger partial charge in [-0.25, -0.2) is 4.98 Å². The quantitative estimate of drug-likeness (QED) is 0.695. The van der Waals surface area contributed by atoms with Crippen LogP contribution < -0.4 is 16.4 Å². The van der Waals surface area contributed by atoms with E-state index in [1.807, 2.05) is 6.92 Å². The lowest BCUT2D eigenvalue weighted by Gasteiger charge is -2.38. The average molecular weight is 259 g/mol. The largest absolute Gasteiger partial charge is 0.425 e. The number of nitriles is 1. The highest BCUT2D eigenvalue weighted by Crippen LogP contribution is 2.46. The van der Waals surface area contributed by atoms with E-state index in [1.54, 1.807) is 0 Å². The van der Waals surface area contributed by atoms with Gasteiger partial charge in [0, 0.05) is 6.42 Å². The standard InChI is InChI=1S/C13H17N5O/c1-2-9-17-10-12(19-9)18-11(15)8(7-14)13(10)3-5-16-6-4-13/h16,18H,2-6,15H2,1H3. The molecule has 3 heterocycles. The summed E-state index contributed by atoms with van der Waals surface area (Å²) in [6, 6.07) is 2.27. The van der Waals surface area contributed by atoms with Gasteiger partial charge in [0.25, 0.3) is 0 Å². The van der Waals surface area contributed by atoms with Crippen LogP contribution in [0.1, 0.15) is 31.4 Å². The minimum Gasteiger partial charge on any atom is -0.425 e. The van der Waals surface area contributed by atoms with Crippen molar-refractivity contribution in [3.05, 3.63) is 23.0 Å². The zero-order valence-corrected chi connectivity index (χ0v) is 10.9. The number of anilines is 1. The van der Waals surface area contributed by atoms with Crippen molar-refractivity contribution >= 4 is 5.88 Å². The molecule has 1 fully saturated rings. The molecule has 0 aliphatic carbocycles. The minimum atomic E-state index is -0.387. The van der Waals surface area contributed by atoms with Crippen LogP contribution in [0.3, 0.4) is 0 Å². The number of nitrogens with zero attached hydrogens (tertiary/aromatic N) is 2.